The normalized spacial score (nSPS) is 27.8. The molecule has 148 valence electrons. The summed E-state index contributed by atoms with van der Waals surface area (Å²) in [5, 5.41) is 0. The van der Waals surface area contributed by atoms with Gasteiger partial charge in [-0.05, 0) is 67.7 Å². The van der Waals surface area contributed by atoms with Crippen LogP contribution in [0.1, 0.15) is 53.4 Å². The Morgan fingerprint density at radius 3 is 2.61 bits per heavy atom. The average molecular weight is 379 g/mol. The SMILES string of the molecule is C=C(/C=C\C=C/C)C1=CC(C)=C(C2=C(OC(C)=O)[C@H]3CC[C@H](C3)C2=O)C(C)C1. The van der Waals surface area contributed by atoms with Crippen molar-refractivity contribution in [2.24, 2.45) is 17.8 Å². The molecular formula is C25H30O3. The third kappa shape index (κ3) is 3.89. The molecule has 0 N–H and O–H groups in total. The molecule has 0 aromatic rings. The van der Waals surface area contributed by atoms with Crippen molar-refractivity contribution in [3.8, 4) is 0 Å². The highest BCUT2D eigenvalue weighted by molar-refractivity contribution is 6.03. The summed E-state index contributed by atoms with van der Waals surface area (Å²) < 4.78 is 5.62. The van der Waals surface area contributed by atoms with Crippen LogP contribution < -0.4 is 0 Å². The van der Waals surface area contributed by atoms with E-state index in [1.54, 1.807) is 0 Å². The smallest absolute Gasteiger partial charge is 0.307 e. The van der Waals surface area contributed by atoms with Crippen molar-refractivity contribution in [2.75, 3.05) is 0 Å². The number of hydrogen-bond donors (Lipinski definition) is 0. The zero-order chi connectivity index (χ0) is 20.4. The van der Waals surface area contributed by atoms with E-state index in [0.717, 1.165) is 42.4 Å². The van der Waals surface area contributed by atoms with Gasteiger partial charge in [-0.25, -0.2) is 0 Å². The number of fused-ring (bicyclic) bond motifs is 2. The summed E-state index contributed by atoms with van der Waals surface area (Å²) >= 11 is 0. The molecule has 0 aromatic heterocycles. The van der Waals surface area contributed by atoms with E-state index in [2.05, 4.69) is 26.5 Å². The lowest BCUT2D eigenvalue weighted by atomic mass is 9.73. The monoisotopic (exact) mass is 378 g/mol. The standard InChI is InChI=1S/C25H30O3/c1-6-7-8-9-15(2)21-12-16(3)22(17(4)13-21)23-24(27)19-10-11-20(14-19)25(23)28-18(5)26/h6-9,12,17,19-20H,2,10-11,13-14H2,1,3-5H3/b7-6-,9-8-/t17?,19-,20+/m1/s1. The maximum Gasteiger partial charge on any atom is 0.307 e. The quantitative estimate of drug-likeness (QED) is 0.450. The summed E-state index contributed by atoms with van der Waals surface area (Å²) in [5.41, 5.74) is 4.99. The lowest BCUT2D eigenvalue weighted by molar-refractivity contribution is -0.138. The summed E-state index contributed by atoms with van der Waals surface area (Å²) in [5.74, 6) is 0.889. The van der Waals surface area contributed by atoms with Gasteiger partial charge in [0.15, 0.2) is 5.78 Å². The van der Waals surface area contributed by atoms with Crippen LogP contribution in [-0.4, -0.2) is 11.8 Å². The molecule has 0 spiro atoms. The number of allylic oxidation sites excluding steroid dienone is 11. The van der Waals surface area contributed by atoms with E-state index in [9.17, 15) is 9.59 Å². The van der Waals surface area contributed by atoms with Gasteiger partial charge < -0.3 is 4.74 Å². The van der Waals surface area contributed by atoms with Gasteiger partial charge >= 0.3 is 5.97 Å². The van der Waals surface area contributed by atoms with Gasteiger partial charge in [0.1, 0.15) is 5.76 Å². The Balaban J connectivity index is 2.04. The first-order chi connectivity index (χ1) is 13.3. The average Bonchev–Trinajstić information content (AvgIpc) is 3.07. The van der Waals surface area contributed by atoms with E-state index in [0.29, 0.717) is 11.3 Å². The Bertz CT molecular complexity index is 860. The van der Waals surface area contributed by atoms with E-state index in [1.807, 2.05) is 31.2 Å². The first kappa shape index (κ1) is 20.3. The summed E-state index contributed by atoms with van der Waals surface area (Å²) in [6.07, 6.45) is 13.6. The molecule has 2 bridgehead atoms. The van der Waals surface area contributed by atoms with Crippen molar-refractivity contribution in [3.63, 3.8) is 0 Å². The van der Waals surface area contributed by atoms with Crippen LogP contribution in [0.2, 0.25) is 0 Å². The third-order valence-electron chi connectivity index (χ3n) is 6.04. The van der Waals surface area contributed by atoms with Crippen LogP contribution in [0.3, 0.4) is 0 Å². The summed E-state index contributed by atoms with van der Waals surface area (Å²) in [6.45, 7) is 11.8. The van der Waals surface area contributed by atoms with Gasteiger partial charge in [0.2, 0.25) is 0 Å². The Kier molecular flexibility index (Phi) is 6.02. The van der Waals surface area contributed by atoms with Crippen molar-refractivity contribution in [2.45, 2.75) is 53.4 Å². The number of esters is 1. The highest BCUT2D eigenvalue weighted by Crippen LogP contribution is 2.48. The number of carbonyl (C=O) groups is 2. The van der Waals surface area contributed by atoms with Crippen LogP contribution in [0.4, 0.5) is 0 Å². The Morgan fingerprint density at radius 2 is 1.96 bits per heavy atom. The fraction of sp³-hybridized carbons (Fsp3) is 0.440. The summed E-state index contributed by atoms with van der Waals surface area (Å²) in [4.78, 5) is 24.9. The zero-order valence-corrected chi connectivity index (χ0v) is 17.4. The summed E-state index contributed by atoms with van der Waals surface area (Å²) in [7, 11) is 0. The van der Waals surface area contributed by atoms with Gasteiger partial charge in [0.05, 0.1) is 5.57 Å². The number of rotatable bonds is 5. The van der Waals surface area contributed by atoms with E-state index >= 15 is 0 Å². The third-order valence-corrected chi connectivity index (χ3v) is 6.04. The molecule has 3 aliphatic rings. The summed E-state index contributed by atoms with van der Waals surface area (Å²) in [6, 6.07) is 0. The van der Waals surface area contributed by atoms with E-state index in [1.165, 1.54) is 12.5 Å². The molecule has 0 amide bonds. The van der Waals surface area contributed by atoms with Crippen molar-refractivity contribution < 1.29 is 14.3 Å². The van der Waals surface area contributed by atoms with Crippen molar-refractivity contribution >= 4 is 11.8 Å². The van der Waals surface area contributed by atoms with E-state index < -0.39 is 0 Å². The minimum Gasteiger partial charge on any atom is -0.430 e. The van der Waals surface area contributed by atoms with Crippen LogP contribution in [-0.2, 0) is 14.3 Å². The van der Waals surface area contributed by atoms with Crippen LogP contribution in [0.25, 0.3) is 0 Å². The molecule has 3 heteroatoms. The molecule has 28 heavy (non-hydrogen) atoms. The van der Waals surface area contributed by atoms with Crippen LogP contribution in [0.5, 0.6) is 0 Å². The Morgan fingerprint density at radius 1 is 1.25 bits per heavy atom. The molecule has 3 nitrogen and oxygen atoms in total. The molecule has 3 aliphatic carbocycles. The van der Waals surface area contributed by atoms with Gasteiger partial charge in [-0.1, -0.05) is 43.9 Å². The van der Waals surface area contributed by atoms with Crippen LogP contribution in [0, 0.1) is 17.8 Å². The van der Waals surface area contributed by atoms with Gasteiger partial charge in [0, 0.05) is 18.8 Å². The van der Waals surface area contributed by atoms with Crippen LogP contribution in [0.15, 0.2) is 70.6 Å². The molecule has 0 heterocycles. The minimum absolute atomic E-state index is 0.0796. The molecule has 0 aromatic carbocycles. The fourth-order valence-corrected chi connectivity index (χ4v) is 4.82. The van der Waals surface area contributed by atoms with Gasteiger partial charge in [-0.3, -0.25) is 9.59 Å². The van der Waals surface area contributed by atoms with Crippen molar-refractivity contribution in [3.05, 3.63) is 70.6 Å². The second-order valence-electron chi connectivity index (χ2n) is 8.19. The number of carbonyl (C=O) groups excluding carboxylic acids is 2. The Labute approximate surface area is 168 Å². The highest BCUT2D eigenvalue weighted by Gasteiger charge is 2.44. The number of ether oxygens (including phenoxy) is 1. The highest BCUT2D eigenvalue weighted by atomic mass is 16.5. The van der Waals surface area contributed by atoms with Crippen molar-refractivity contribution in [1.29, 1.82) is 0 Å². The van der Waals surface area contributed by atoms with E-state index in [-0.39, 0.29) is 29.5 Å². The maximum absolute atomic E-state index is 13.2. The molecule has 3 rings (SSSR count). The first-order valence-corrected chi connectivity index (χ1v) is 10.2. The fourth-order valence-electron chi connectivity index (χ4n) is 4.82. The topological polar surface area (TPSA) is 43.4 Å². The largest absolute Gasteiger partial charge is 0.430 e. The molecule has 0 aliphatic heterocycles. The van der Waals surface area contributed by atoms with Crippen LogP contribution >= 0.6 is 0 Å². The predicted molar refractivity (Wildman–Crippen MR) is 112 cm³/mol. The van der Waals surface area contributed by atoms with Crippen molar-refractivity contribution in [1.82, 2.24) is 0 Å². The molecule has 1 unspecified atom stereocenters. The number of Topliss-reactive ketones (excluding diaryl/α,β-unsaturated/α-hetero) is 1. The minimum atomic E-state index is -0.342. The molecule has 0 saturated heterocycles. The second-order valence-corrected chi connectivity index (χ2v) is 8.19. The maximum atomic E-state index is 13.2. The Hall–Kier alpha value is -2.42. The molecule has 3 atom stereocenters. The molecular weight excluding hydrogens is 348 g/mol. The molecule has 1 saturated carbocycles. The first-order valence-electron chi connectivity index (χ1n) is 10.2. The molecule has 1 fully saturated rings. The predicted octanol–water partition coefficient (Wildman–Crippen LogP) is 5.77. The lowest BCUT2D eigenvalue weighted by Gasteiger charge is -2.31. The van der Waals surface area contributed by atoms with Gasteiger partial charge in [-0.2, -0.15) is 0 Å². The number of ketones is 1. The number of hydrogen-bond acceptors (Lipinski definition) is 3. The van der Waals surface area contributed by atoms with Gasteiger partial charge in [0.25, 0.3) is 0 Å². The second kappa shape index (κ2) is 8.30. The molecule has 0 radical (unpaired) electrons. The zero-order valence-electron chi connectivity index (χ0n) is 17.4. The lowest BCUT2D eigenvalue weighted by Crippen LogP contribution is -2.28. The van der Waals surface area contributed by atoms with Gasteiger partial charge in [-0.15, -0.1) is 0 Å². The van der Waals surface area contributed by atoms with E-state index in [4.69, 9.17) is 4.74 Å².